The van der Waals surface area contributed by atoms with Gasteiger partial charge in [0.1, 0.15) is 0 Å². The minimum Gasteiger partial charge on any atom is -0.481 e. The summed E-state index contributed by atoms with van der Waals surface area (Å²) in [5, 5.41) is 38.7. The fourth-order valence-corrected chi connectivity index (χ4v) is 3.01. The Kier molecular flexibility index (Phi) is 11.4. The second-order valence-electron chi connectivity index (χ2n) is 6.95. The highest BCUT2D eigenvalue weighted by molar-refractivity contribution is 5.66. The first-order valence-electron chi connectivity index (χ1n) is 9.68. The molecule has 4 N–H and O–H groups in total. The van der Waals surface area contributed by atoms with Crippen molar-refractivity contribution in [2.45, 2.75) is 95.2 Å². The van der Waals surface area contributed by atoms with Gasteiger partial charge >= 0.3 is 5.97 Å². The molecule has 0 unspecified atom stereocenters. The summed E-state index contributed by atoms with van der Waals surface area (Å²) >= 11 is 0. The molecule has 0 saturated carbocycles. The third-order valence-corrected chi connectivity index (χ3v) is 4.56. The van der Waals surface area contributed by atoms with Crippen LogP contribution in [0.2, 0.25) is 0 Å². The van der Waals surface area contributed by atoms with E-state index < -0.39 is 30.4 Å². The van der Waals surface area contributed by atoms with Gasteiger partial charge in [-0.25, -0.2) is 0 Å². The molecule has 0 aliphatic carbocycles. The highest BCUT2D eigenvalue weighted by Gasteiger charge is 2.36. The Labute approximate surface area is 156 Å². The first-order chi connectivity index (χ1) is 12.4. The van der Waals surface area contributed by atoms with Crippen LogP contribution in [0.15, 0.2) is 24.3 Å². The van der Waals surface area contributed by atoms with Gasteiger partial charge in [-0.3, -0.25) is 4.79 Å². The van der Waals surface area contributed by atoms with Crippen LogP contribution in [-0.4, -0.2) is 56.9 Å². The second kappa shape index (κ2) is 13.0. The van der Waals surface area contributed by atoms with Gasteiger partial charge < -0.3 is 25.2 Å². The molecule has 0 bridgehead atoms. The average molecular weight is 370 g/mol. The lowest BCUT2D eigenvalue weighted by atomic mass is 10.0. The summed E-state index contributed by atoms with van der Waals surface area (Å²) in [6, 6.07) is 0. The molecule has 150 valence electrons. The zero-order valence-corrected chi connectivity index (χ0v) is 15.7. The quantitative estimate of drug-likeness (QED) is 0.293. The van der Waals surface area contributed by atoms with E-state index in [1.54, 1.807) is 0 Å². The van der Waals surface area contributed by atoms with Crippen molar-refractivity contribution >= 4 is 5.97 Å². The van der Waals surface area contributed by atoms with E-state index in [1.807, 2.05) is 12.2 Å². The number of aliphatic hydroxyl groups excluding tert-OH is 3. The number of allylic oxidation sites excluding steroid dienone is 1. The summed E-state index contributed by atoms with van der Waals surface area (Å²) < 4.78 is 5.76. The molecule has 1 aliphatic rings. The van der Waals surface area contributed by atoms with Crippen LogP contribution >= 0.6 is 0 Å². The Morgan fingerprint density at radius 3 is 2.65 bits per heavy atom. The van der Waals surface area contributed by atoms with Gasteiger partial charge in [0.05, 0.1) is 30.5 Å². The zero-order valence-electron chi connectivity index (χ0n) is 15.7. The van der Waals surface area contributed by atoms with E-state index in [-0.39, 0.29) is 12.5 Å². The molecule has 0 spiro atoms. The number of unbranched alkanes of at least 4 members (excludes halogenated alkanes) is 3. The van der Waals surface area contributed by atoms with E-state index >= 15 is 0 Å². The number of carboxylic acids is 1. The molecule has 0 amide bonds. The van der Waals surface area contributed by atoms with Crippen molar-refractivity contribution in [3.05, 3.63) is 24.3 Å². The summed E-state index contributed by atoms with van der Waals surface area (Å²) in [7, 11) is 0. The number of hydrogen-bond acceptors (Lipinski definition) is 5. The van der Waals surface area contributed by atoms with Crippen molar-refractivity contribution < 1.29 is 30.0 Å². The van der Waals surface area contributed by atoms with Crippen LogP contribution in [0.25, 0.3) is 0 Å². The lowest BCUT2D eigenvalue weighted by Gasteiger charge is -2.17. The fourth-order valence-electron chi connectivity index (χ4n) is 3.01. The third kappa shape index (κ3) is 9.48. The van der Waals surface area contributed by atoms with Crippen molar-refractivity contribution in [2.75, 3.05) is 0 Å². The molecule has 26 heavy (non-hydrogen) atoms. The Morgan fingerprint density at radius 2 is 1.96 bits per heavy atom. The smallest absolute Gasteiger partial charge is 0.303 e. The predicted octanol–water partition coefficient (Wildman–Crippen LogP) is 2.56. The van der Waals surface area contributed by atoms with Gasteiger partial charge in [-0.05, 0) is 25.7 Å². The number of aliphatic hydroxyl groups is 3. The molecule has 1 saturated heterocycles. The lowest BCUT2D eigenvalue weighted by molar-refractivity contribution is -0.137. The number of ether oxygens (including phenoxy) is 1. The van der Waals surface area contributed by atoms with E-state index in [1.165, 1.54) is 12.2 Å². The Hall–Kier alpha value is -1.21. The number of rotatable bonds is 13. The first kappa shape index (κ1) is 22.8. The molecular weight excluding hydrogens is 336 g/mol. The minimum atomic E-state index is -0.852. The molecule has 1 fully saturated rings. The SMILES string of the molecule is CCCCC[C@@H]1O[C@H]([C@H](O)/C=C\[C@H](O)C/C=C\CCCC(=O)O)C[C@@H]1O. The van der Waals surface area contributed by atoms with E-state index in [2.05, 4.69) is 6.92 Å². The van der Waals surface area contributed by atoms with Gasteiger partial charge in [-0.15, -0.1) is 0 Å². The van der Waals surface area contributed by atoms with Gasteiger partial charge in [0.2, 0.25) is 0 Å². The molecule has 0 aromatic heterocycles. The maximum atomic E-state index is 10.4. The largest absolute Gasteiger partial charge is 0.481 e. The highest BCUT2D eigenvalue weighted by Crippen LogP contribution is 2.27. The van der Waals surface area contributed by atoms with Crippen LogP contribution in [0, 0.1) is 0 Å². The second-order valence-corrected chi connectivity index (χ2v) is 6.95. The summed E-state index contributed by atoms with van der Waals surface area (Å²) in [5.41, 5.74) is 0. The van der Waals surface area contributed by atoms with Gasteiger partial charge in [0.25, 0.3) is 0 Å². The molecule has 1 aliphatic heterocycles. The standard InChI is InChI=1S/C20H34O6/c1-2-3-6-10-18-17(23)14-19(26-18)16(22)13-12-15(21)9-7-4-5-8-11-20(24)25/h4,7,12-13,15-19,21-23H,2-3,5-6,8-11,14H2,1H3,(H,24,25)/b7-4-,13-12-/t15-,16-,17+,18+,19+/m1/s1. The molecular formula is C20H34O6. The monoisotopic (exact) mass is 370 g/mol. The van der Waals surface area contributed by atoms with Gasteiger partial charge in [-0.2, -0.15) is 0 Å². The minimum absolute atomic E-state index is 0.145. The van der Waals surface area contributed by atoms with Gasteiger partial charge in [-0.1, -0.05) is 50.5 Å². The van der Waals surface area contributed by atoms with Crippen molar-refractivity contribution in [2.24, 2.45) is 0 Å². The Balaban J connectivity index is 2.27. The topological polar surface area (TPSA) is 107 Å². The molecule has 0 radical (unpaired) electrons. The van der Waals surface area contributed by atoms with E-state index in [0.717, 1.165) is 25.7 Å². The van der Waals surface area contributed by atoms with Crippen molar-refractivity contribution in [3.8, 4) is 0 Å². The number of carboxylic acid groups (broad SMARTS) is 1. The molecule has 0 aromatic carbocycles. The molecule has 5 atom stereocenters. The molecule has 6 heteroatoms. The van der Waals surface area contributed by atoms with Crippen LogP contribution in [0.3, 0.4) is 0 Å². The zero-order chi connectivity index (χ0) is 19.4. The first-order valence-corrected chi connectivity index (χ1v) is 9.68. The fraction of sp³-hybridized carbons (Fsp3) is 0.750. The van der Waals surface area contributed by atoms with Gasteiger partial charge in [0, 0.05) is 12.8 Å². The third-order valence-electron chi connectivity index (χ3n) is 4.56. The summed E-state index contributed by atoms with van der Waals surface area (Å²) in [4.78, 5) is 10.4. The van der Waals surface area contributed by atoms with E-state index in [4.69, 9.17) is 9.84 Å². The van der Waals surface area contributed by atoms with Crippen molar-refractivity contribution in [1.29, 1.82) is 0 Å². The molecule has 0 aromatic rings. The number of carbonyl (C=O) groups is 1. The van der Waals surface area contributed by atoms with E-state index in [9.17, 15) is 20.1 Å². The maximum Gasteiger partial charge on any atom is 0.303 e. The number of aliphatic carboxylic acids is 1. The van der Waals surface area contributed by atoms with Crippen LogP contribution in [0.4, 0.5) is 0 Å². The van der Waals surface area contributed by atoms with Crippen molar-refractivity contribution in [1.82, 2.24) is 0 Å². The van der Waals surface area contributed by atoms with Gasteiger partial charge in [0.15, 0.2) is 0 Å². The maximum absolute atomic E-state index is 10.4. The average Bonchev–Trinajstić information content (AvgIpc) is 2.97. The highest BCUT2D eigenvalue weighted by atomic mass is 16.5. The van der Waals surface area contributed by atoms with Crippen LogP contribution < -0.4 is 0 Å². The molecule has 1 heterocycles. The predicted molar refractivity (Wildman–Crippen MR) is 99.8 cm³/mol. The summed E-state index contributed by atoms with van der Waals surface area (Å²) in [6.45, 7) is 2.12. The number of hydrogen-bond donors (Lipinski definition) is 4. The lowest BCUT2D eigenvalue weighted by Crippen LogP contribution is -2.25. The van der Waals surface area contributed by atoms with Crippen molar-refractivity contribution in [3.63, 3.8) is 0 Å². The molecule has 1 rings (SSSR count). The van der Waals surface area contributed by atoms with E-state index in [0.29, 0.717) is 25.7 Å². The van der Waals surface area contributed by atoms with Crippen LogP contribution in [0.1, 0.15) is 64.7 Å². The van der Waals surface area contributed by atoms with Crippen LogP contribution in [0.5, 0.6) is 0 Å². The summed E-state index contributed by atoms with van der Waals surface area (Å²) in [5.74, 6) is -0.804. The van der Waals surface area contributed by atoms with Crippen LogP contribution in [-0.2, 0) is 9.53 Å². The normalized spacial score (nSPS) is 25.9. The Bertz CT molecular complexity index is 448. The summed E-state index contributed by atoms with van der Waals surface area (Å²) in [6.07, 6.45) is 10.2. The molecule has 6 nitrogen and oxygen atoms in total. The Morgan fingerprint density at radius 1 is 1.19 bits per heavy atom.